The first kappa shape index (κ1) is 17.8. The van der Waals surface area contributed by atoms with Crippen LogP contribution in [-0.4, -0.2) is 47.8 Å². The Kier molecular flexibility index (Phi) is 6.34. The van der Waals surface area contributed by atoms with Gasteiger partial charge in [0.2, 0.25) is 0 Å². The summed E-state index contributed by atoms with van der Waals surface area (Å²) in [6.45, 7) is 7.28. The first-order valence-corrected chi connectivity index (χ1v) is 9.30. The Morgan fingerprint density at radius 2 is 2.16 bits per heavy atom. The van der Waals surface area contributed by atoms with Crippen LogP contribution in [0.3, 0.4) is 0 Å². The third kappa shape index (κ3) is 4.75. The van der Waals surface area contributed by atoms with Crippen LogP contribution in [0.25, 0.3) is 0 Å². The van der Waals surface area contributed by atoms with E-state index in [0.717, 1.165) is 44.2 Å². The van der Waals surface area contributed by atoms with Crippen molar-refractivity contribution in [2.45, 2.75) is 38.6 Å². The summed E-state index contributed by atoms with van der Waals surface area (Å²) >= 11 is 0. The van der Waals surface area contributed by atoms with Gasteiger partial charge in [-0.25, -0.2) is 4.98 Å². The fourth-order valence-corrected chi connectivity index (χ4v) is 3.59. The van der Waals surface area contributed by atoms with E-state index in [4.69, 9.17) is 9.47 Å². The summed E-state index contributed by atoms with van der Waals surface area (Å²) in [5, 5.41) is 0. The Morgan fingerprint density at radius 3 is 3.00 bits per heavy atom. The molecule has 0 bridgehead atoms. The molecule has 0 spiro atoms. The van der Waals surface area contributed by atoms with Gasteiger partial charge >= 0.3 is 0 Å². The number of aryl methyl sites for hydroxylation is 1. The van der Waals surface area contributed by atoms with Crippen LogP contribution in [0.2, 0.25) is 0 Å². The summed E-state index contributed by atoms with van der Waals surface area (Å²) < 4.78 is 13.4. The summed E-state index contributed by atoms with van der Waals surface area (Å²) in [5.74, 6) is 3.52. The summed E-state index contributed by atoms with van der Waals surface area (Å²) in [7, 11) is 1.68. The molecule has 1 aliphatic rings. The van der Waals surface area contributed by atoms with Crippen molar-refractivity contribution in [3.8, 4) is 11.5 Å². The maximum Gasteiger partial charge on any atom is 0.122 e. The normalized spacial score (nSPS) is 18.2. The zero-order valence-corrected chi connectivity index (χ0v) is 15.4. The maximum absolute atomic E-state index is 5.85. The molecule has 1 aliphatic heterocycles. The van der Waals surface area contributed by atoms with Crippen molar-refractivity contribution in [3.05, 3.63) is 42.5 Å². The fraction of sp³-hybridized carbons (Fsp3) is 0.550. The lowest BCUT2D eigenvalue weighted by Crippen LogP contribution is -2.36. The molecular formula is C20H29N3O2. The number of ether oxygens (including phenoxy) is 2. The molecule has 0 unspecified atom stereocenters. The maximum atomic E-state index is 5.85. The topological polar surface area (TPSA) is 39.5 Å². The standard InChI is InChI=1S/C20H29N3O2/c1-3-23-13-10-21-20(23)17-7-5-11-22(16-17)12-6-14-25-19-9-4-8-18(15-19)24-2/h4,8-10,13,15,17H,3,5-7,11-12,14,16H2,1-2H3/t17-/m0/s1. The van der Waals surface area contributed by atoms with E-state index in [9.17, 15) is 0 Å². The highest BCUT2D eigenvalue weighted by atomic mass is 16.5. The molecule has 0 radical (unpaired) electrons. The number of rotatable bonds is 8. The molecule has 136 valence electrons. The SMILES string of the molecule is CCn1ccnc1[C@H]1CCCN(CCCOc2cccc(OC)c2)C1. The minimum Gasteiger partial charge on any atom is -0.497 e. The van der Waals surface area contributed by atoms with Gasteiger partial charge in [0.25, 0.3) is 0 Å². The molecule has 1 atom stereocenters. The van der Waals surface area contributed by atoms with Crippen LogP contribution in [0.4, 0.5) is 0 Å². The van der Waals surface area contributed by atoms with Gasteiger partial charge in [-0.1, -0.05) is 6.07 Å². The number of hydrogen-bond donors (Lipinski definition) is 0. The highest BCUT2D eigenvalue weighted by Crippen LogP contribution is 2.26. The van der Waals surface area contributed by atoms with Gasteiger partial charge in [0.15, 0.2) is 0 Å². The van der Waals surface area contributed by atoms with E-state index < -0.39 is 0 Å². The number of piperidine rings is 1. The quantitative estimate of drug-likeness (QED) is 0.687. The minimum absolute atomic E-state index is 0.558. The van der Waals surface area contributed by atoms with Crippen LogP contribution in [0.15, 0.2) is 36.7 Å². The lowest BCUT2D eigenvalue weighted by molar-refractivity contribution is 0.185. The molecule has 0 saturated carbocycles. The molecule has 3 rings (SSSR count). The van der Waals surface area contributed by atoms with Crippen LogP contribution in [0.1, 0.15) is 37.9 Å². The van der Waals surface area contributed by atoms with Crippen molar-refractivity contribution < 1.29 is 9.47 Å². The van der Waals surface area contributed by atoms with Gasteiger partial charge in [0.1, 0.15) is 17.3 Å². The predicted octanol–water partition coefficient (Wildman–Crippen LogP) is 3.56. The van der Waals surface area contributed by atoms with Crippen molar-refractivity contribution in [2.75, 3.05) is 33.4 Å². The van der Waals surface area contributed by atoms with Crippen LogP contribution >= 0.6 is 0 Å². The smallest absolute Gasteiger partial charge is 0.122 e. The predicted molar refractivity (Wildman–Crippen MR) is 99.4 cm³/mol. The molecule has 2 aromatic rings. The number of nitrogens with zero attached hydrogens (tertiary/aromatic N) is 3. The van der Waals surface area contributed by atoms with Crippen molar-refractivity contribution in [3.63, 3.8) is 0 Å². The number of aromatic nitrogens is 2. The summed E-state index contributed by atoms with van der Waals surface area (Å²) in [4.78, 5) is 7.15. The van der Waals surface area contributed by atoms with E-state index in [-0.39, 0.29) is 0 Å². The van der Waals surface area contributed by atoms with E-state index in [1.165, 1.54) is 25.2 Å². The number of likely N-dealkylation sites (tertiary alicyclic amines) is 1. The minimum atomic E-state index is 0.558. The van der Waals surface area contributed by atoms with Crippen LogP contribution in [0.5, 0.6) is 11.5 Å². The van der Waals surface area contributed by atoms with Gasteiger partial charge in [-0.05, 0) is 44.9 Å². The Balaban J connectivity index is 1.44. The van der Waals surface area contributed by atoms with E-state index in [1.54, 1.807) is 7.11 Å². The van der Waals surface area contributed by atoms with Crippen molar-refractivity contribution in [1.82, 2.24) is 14.5 Å². The van der Waals surface area contributed by atoms with E-state index in [0.29, 0.717) is 5.92 Å². The lowest BCUT2D eigenvalue weighted by Gasteiger charge is -2.32. The Morgan fingerprint density at radius 1 is 1.28 bits per heavy atom. The third-order valence-corrected chi connectivity index (χ3v) is 4.89. The number of benzene rings is 1. The molecular weight excluding hydrogens is 314 g/mol. The molecule has 5 nitrogen and oxygen atoms in total. The Bertz CT molecular complexity index is 656. The molecule has 0 amide bonds. The summed E-state index contributed by atoms with van der Waals surface area (Å²) in [5.41, 5.74) is 0. The van der Waals surface area contributed by atoms with Gasteiger partial charge in [-0.15, -0.1) is 0 Å². The van der Waals surface area contributed by atoms with Crippen LogP contribution in [-0.2, 0) is 6.54 Å². The Hall–Kier alpha value is -2.01. The first-order valence-electron chi connectivity index (χ1n) is 9.30. The molecule has 0 aliphatic carbocycles. The van der Waals surface area contributed by atoms with Crippen LogP contribution in [0, 0.1) is 0 Å². The summed E-state index contributed by atoms with van der Waals surface area (Å²) in [6.07, 6.45) is 7.55. The monoisotopic (exact) mass is 343 g/mol. The highest BCUT2D eigenvalue weighted by Gasteiger charge is 2.24. The van der Waals surface area contributed by atoms with Gasteiger partial charge in [0.05, 0.1) is 13.7 Å². The summed E-state index contributed by atoms with van der Waals surface area (Å²) in [6, 6.07) is 7.80. The third-order valence-electron chi connectivity index (χ3n) is 4.89. The zero-order valence-electron chi connectivity index (χ0n) is 15.4. The van der Waals surface area contributed by atoms with Crippen molar-refractivity contribution >= 4 is 0 Å². The Labute approximate surface area is 150 Å². The highest BCUT2D eigenvalue weighted by molar-refractivity contribution is 5.32. The van der Waals surface area contributed by atoms with Gasteiger partial charge < -0.3 is 18.9 Å². The second-order valence-corrected chi connectivity index (χ2v) is 6.59. The van der Waals surface area contributed by atoms with Crippen molar-refractivity contribution in [1.29, 1.82) is 0 Å². The fourth-order valence-electron chi connectivity index (χ4n) is 3.59. The first-order chi connectivity index (χ1) is 12.3. The van der Waals surface area contributed by atoms with E-state index in [1.807, 2.05) is 30.5 Å². The molecule has 0 N–H and O–H groups in total. The molecule has 5 heteroatoms. The average Bonchev–Trinajstić information content (AvgIpc) is 3.14. The molecule has 2 heterocycles. The molecule has 25 heavy (non-hydrogen) atoms. The van der Waals surface area contributed by atoms with Gasteiger partial charge in [-0.3, -0.25) is 0 Å². The van der Waals surface area contributed by atoms with Gasteiger partial charge in [0, 0.05) is 44.0 Å². The average molecular weight is 343 g/mol. The van der Waals surface area contributed by atoms with Gasteiger partial charge in [-0.2, -0.15) is 0 Å². The number of methoxy groups -OCH3 is 1. The molecule has 1 aromatic carbocycles. The van der Waals surface area contributed by atoms with E-state index in [2.05, 4.69) is 27.6 Å². The second kappa shape index (κ2) is 8.90. The number of imidazole rings is 1. The molecule has 1 aromatic heterocycles. The van der Waals surface area contributed by atoms with Crippen LogP contribution < -0.4 is 9.47 Å². The lowest BCUT2D eigenvalue weighted by atomic mass is 9.97. The second-order valence-electron chi connectivity index (χ2n) is 6.59. The molecule has 1 saturated heterocycles. The largest absolute Gasteiger partial charge is 0.497 e. The van der Waals surface area contributed by atoms with Crippen molar-refractivity contribution in [2.24, 2.45) is 0 Å². The number of hydrogen-bond acceptors (Lipinski definition) is 4. The van der Waals surface area contributed by atoms with E-state index >= 15 is 0 Å². The molecule has 1 fully saturated rings. The zero-order chi connectivity index (χ0) is 17.5.